The number of rotatable bonds is 7. The van der Waals surface area contributed by atoms with E-state index in [0.29, 0.717) is 21.9 Å². The Morgan fingerprint density at radius 1 is 1.03 bits per heavy atom. The Kier molecular flexibility index (Phi) is 7.16. The number of carbonyl (C=O) groups excluding carboxylic acids is 1. The highest BCUT2D eigenvalue weighted by molar-refractivity contribution is 7.89. The van der Waals surface area contributed by atoms with Crippen molar-refractivity contribution in [2.24, 2.45) is 0 Å². The van der Waals surface area contributed by atoms with Gasteiger partial charge in [-0.05, 0) is 49.4 Å². The third-order valence-corrected chi connectivity index (χ3v) is 7.45. The first-order chi connectivity index (χ1) is 17.1. The summed E-state index contributed by atoms with van der Waals surface area (Å²) in [4.78, 5) is 25.9. The van der Waals surface area contributed by atoms with Gasteiger partial charge in [-0.15, -0.1) is 0 Å². The molecule has 0 aliphatic rings. The molecule has 1 amide bonds. The Morgan fingerprint density at radius 3 is 2.33 bits per heavy atom. The lowest BCUT2D eigenvalue weighted by atomic mass is 10.1. The predicted molar refractivity (Wildman–Crippen MR) is 139 cm³/mol. The van der Waals surface area contributed by atoms with E-state index in [0.717, 1.165) is 9.87 Å². The van der Waals surface area contributed by atoms with Gasteiger partial charge in [0.05, 0.1) is 10.3 Å². The quantitative estimate of drug-likeness (QED) is 0.374. The molecule has 1 heterocycles. The van der Waals surface area contributed by atoms with Crippen molar-refractivity contribution in [1.29, 1.82) is 0 Å². The number of sulfonamides is 1. The third kappa shape index (κ3) is 5.28. The van der Waals surface area contributed by atoms with Gasteiger partial charge < -0.3 is 14.5 Å². The summed E-state index contributed by atoms with van der Waals surface area (Å²) in [5.74, 6) is -0.462. The average molecular weight is 527 g/mol. The predicted octanol–water partition coefficient (Wildman–Crippen LogP) is 4.69. The molecule has 1 aromatic heterocycles. The van der Waals surface area contributed by atoms with Crippen LogP contribution in [0.25, 0.3) is 22.3 Å². The molecule has 0 aliphatic carbocycles. The first-order valence-electron chi connectivity index (χ1n) is 10.8. The number of ether oxygens (including phenoxy) is 1. The number of anilines is 1. The SMILES string of the molecule is Cc1ccc(-c2oc3ccc(Cl)cc3c(=O)c2OCC(=O)Nc2ccc(S(=O)(=O)N(C)C)cc2)cc1. The van der Waals surface area contributed by atoms with E-state index in [1.54, 1.807) is 24.3 Å². The summed E-state index contributed by atoms with van der Waals surface area (Å²) in [6, 6.07) is 17.8. The molecule has 0 radical (unpaired) electrons. The molecule has 0 fully saturated rings. The summed E-state index contributed by atoms with van der Waals surface area (Å²) in [5.41, 5.74) is 1.89. The van der Waals surface area contributed by atoms with Gasteiger partial charge >= 0.3 is 0 Å². The first-order valence-corrected chi connectivity index (χ1v) is 12.7. The smallest absolute Gasteiger partial charge is 0.262 e. The Bertz CT molecular complexity index is 1600. The normalized spacial score (nSPS) is 11.6. The largest absolute Gasteiger partial charge is 0.476 e. The number of nitrogens with zero attached hydrogens (tertiary/aromatic N) is 1. The molecule has 36 heavy (non-hydrogen) atoms. The number of hydrogen-bond acceptors (Lipinski definition) is 6. The number of hydrogen-bond donors (Lipinski definition) is 1. The Balaban J connectivity index is 1.60. The molecular formula is C26H23ClN2O6S. The maximum absolute atomic E-state index is 13.3. The van der Waals surface area contributed by atoms with Crippen molar-refractivity contribution in [2.45, 2.75) is 11.8 Å². The van der Waals surface area contributed by atoms with Crippen molar-refractivity contribution in [3.05, 3.63) is 87.5 Å². The van der Waals surface area contributed by atoms with Crippen LogP contribution in [0.3, 0.4) is 0 Å². The Labute approximate surface area is 213 Å². The maximum atomic E-state index is 13.3. The van der Waals surface area contributed by atoms with Crippen molar-refractivity contribution in [3.63, 3.8) is 0 Å². The minimum Gasteiger partial charge on any atom is -0.476 e. The molecule has 4 aromatic rings. The van der Waals surface area contributed by atoms with Crippen LogP contribution in [0.1, 0.15) is 5.56 Å². The second kappa shape index (κ2) is 10.1. The highest BCUT2D eigenvalue weighted by Crippen LogP contribution is 2.32. The molecule has 0 atom stereocenters. The molecule has 3 aromatic carbocycles. The van der Waals surface area contributed by atoms with E-state index < -0.39 is 28.0 Å². The van der Waals surface area contributed by atoms with Crippen LogP contribution in [0.5, 0.6) is 5.75 Å². The third-order valence-electron chi connectivity index (χ3n) is 5.39. The fraction of sp³-hybridized carbons (Fsp3) is 0.154. The number of halogens is 1. The topological polar surface area (TPSA) is 106 Å². The van der Waals surface area contributed by atoms with Crippen LogP contribution in [-0.2, 0) is 14.8 Å². The van der Waals surface area contributed by atoms with Crippen LogP contribution in [0.4, 0.5) is 5.69 Å². The van der Waals surface area contributed by atoms with Gasteiger partial charge in [-0.25, -0.2) is 12.7 Å². The highest BCUT2D eigenvalue weighted by Gasteiger charge is 2.20. The molecular weight excluding hydrogens is 504 g/mol. The van der Waals surface area contributed by atoms with Gasteiger partial charge in [0, 0.05) is 30.4 Å². The van der Waals surface area contributed by atoms with E-state index in [1.165, 1.54) is 44.4 Å². The number of benzene rings is 3. The Hall–Kier alpha value is -3.66. The van der Waals surface area contributed by atoms with Crippen LogP contribution in [-0.4, -0.2) is 39.3 Å². The van der Waals surface area contributed by atoms with Gasteiger partial charge in [0.2, 0.25) is 21.2 Å². The van der Waals surface area contributed by atoms with Crippen molar-refractivity contribution in [2.75, 3.05) is 26.0 Å². The lowest BCUT2D eigenvalue weighted by Gasteiger charge is -2.13. The molecule has 10 heteroatoms. The van der Waals surface area contributed by atoms with Gasteiger partial charge in [0.25, 0.3) is 5.91 Å². The van der Waals surface area contributed by atoms with Gasteiger partial charge in [-0.2, -0.15) is 0 Å². The minimum atomic E-state index is -3.59. The minimum absolute atomic E-state index is 0.0944. The standard InChI is InChI=1S/C26H23ClN2O6S/c1-16-4-6-17(7-5-16)25-26(24(31)21-14-18(27)8-13-22(21)35-25)34-15-23(30)28-19-9-11-20(12-10-19)36(32,33)29(2)3/h4-14H,15H2,1-3H3,(H,28,30). The van der Waals surface area contributed by atoms with Crippen LogP contribution in [0.15, 0.2) is 80.8 Å². The van der Waals surface area contributed by atoms with Crippen LogP contribution >= 0.6 is 11.6 Å². The lowest BCUT2D eigenvalue weighted by molar-refractivity contribution is -0.118. The van der Waals surface area contributed by atoms with E-state index in [1.807, 2.05) is 19.1 Å². The van der Waals surface area contributed by atoms with Crippen molar-refractivity contribution < 1.29 is 22.4 Å². The maximum Gasteiger partial charge on any atom is 0.262 e. The second-order valence-electron chi connectivity index (χ2n) is 8.24. The molecule has 4 rings (SSSR count). The fourth-order valence-corrected chi connectivity index (χ4v) is 4.51. The molecule has 8 nitrogen and oxygen atoms in total. The summed E-state index contributed by atoms with van der Waals surface area (Å²) in [6.45, 7) is 1.46. The monoisotopic (exact) mass is 526 g/mol. The van der Waals surface area contributed by atoms with Gasteiger partial charge in [0.1, 0.15) is 5.58 Å². The molecule has 0 spiro atoms. The second-order valence-corrected chi connectivity index (χ2v) is 10.8. The van der Waals surface area contributed by atoms with E-state index in [-0.39, 0.29) is 21.8 Å². The number of carbonyl (C=O) groups is 1. The van der Waals surface area contributed by atoms with E-state index in [9.17, 15) is 18.0 Å². The zero-order valence-electron chi connectivity index (χ0n) is 19.7. The summed E-state index contributed by atoms with van der Waals surface area (Å²) in [6.07, 6.45) is 0. The number of nitrogens with one attached hydrogen (secondary N) is 1. The van der Waals surface area contributed by atoms with Crippen LogP contribution < -0.4 is 15.5 Å². The number of amides is 1. The number of aryl methyl sites for hydroxylation is 1. The first kappa shape index (κ1) is 25.4. The highest BCUT2D eigenvalue weighted by atomic mass is 35.5. The fourth-order valence-electron chi connectivity index (χ4n) is 3.43. The van der Waals surface area contributed by atoms with Crippen molar-refractivity contribution in [3.8, 4) is 17.1 Å². The molecule has 0 aliphatic heterocycles. The summed E-state index contributed by atoms with van der Waals surface area (Å²) in [7, 11) is -0.717. The van der Waals surface area contributed by atoms with Crippen LogP contribution in [0, 0.1) is 6.92 Å². The van der Waals surface area contributed by atoms with Gasteiger partial charge in [0.15, 0.2) is 12.4 Å². The lowest BCUT2D eigenvalue weighted by Crippen LogP contribution is -2.23. The van der Waals surface area contributed by atoms with Gasteiger partial charge in [-0.1, -0.05) is 41.4 Å². The molecule has 0 saturated heterocycles. The molecule has 1 N–H and O–H groups in total. The molecule has 0 unspecified atom stereocenters. The van der Waals surface area contributed by atoms with Crippen molar-refractivity contribution >= 4 is 44.2 Å². The molecule has 0 bridgehead atoms. The van der Waals surface area contributed by atoms with Crippen LogP contribution in [0.2, 0.25) is 5.02 Å². The van der Waals surface area contributed by atoms with Gasteiger partial charge in [-0.3, -0.25) is 9.59 Å². The average Bonchev–Trinajstić information content (AvgIpc) is 2.84. The van der Waals surface area contributed by atoms with E-state index in [2.05, 4.69) is 5.32 Å². The van der Waals surface area contributed by atoms with Crippen molar-refractivity contribution in [1.82, 2.24) is 4.31 Å². The summed E-state index contributed by atoms with van der Waals surface area (Å²) in [5, 5.41) is 3.22. The summed E-state index contributed by atoms with van der Waals surface area (Å²) >= 11 is 6.07. The van der Waals surface area contributed by atoms with E-state index in [4.69, 9.17) is 20.8 Å². The summed E-state index contributed by atoms with van der Waals surface area (Å²) < 4.78 is 37.2. The zero-order valence-corrected chi connectivity index (χ0v) is 21.3. The molecule has 0 saturated carbocycles. The number of fused-ring (bicyclic) bond motifs is 1. The van der Waals surface area contributed by atoms with E-state index >= 15 is 0 Å². The molecule has 186 valence electrons. The zero-order chi connectivity index (χ0) is 26.0. The Morgan fingerprint density at radius 2 is 1.69 bits per heavy atom.